The molecule has 1 aromatic rings. The number of piperidine rings is 1. The lowest BCUT2D eigenvalue weighted by atomic mass is 9.96. The molecule has 0 saturated carbocycles. The zero-order valence-corrected chi connectivity index (χ0v) is 13.5. The van der Waals surface area contributed by atoms with Gasteiger partial charge >= 0.3 is 6.18 Å². The van der Waals surface area contributed by atoms with Gasteiger partial charge in [-0.1, -0.05) is 0 Å². The highest BCUT2D eigenvalue weighted by atomic mass is 19.4. The molecule has 0 radical (unpaired) electrons. The number of hydrogen-bond acceptors (Lipinski definition) is 4. The number of pyridine rings is 1. The van der Waals surface area contributed by atoms with E-state index in [1.54, 1.807) is 6.92 Å². The molecular weight excluding hydrogens is 323 g/mol. The van der Waals surface area contributed by atoms with Gasteiger partial charge in [-0.25, -0.2) is 4.98 Å². The van der Waals surface area contributed by atoms with Gasteiger partial charge in [-0.15, -0.1) is 0 Å². The highest BCUT2D eigenvalue weighted by Gasteiger charge is 2.37. The van der Waals surface area contributed by atoms with Crippen LogP contribution in [0, 0.1) is 5.92 Å². The Morgan fingerprint density at radius 3 is 2.96 bits per heavy atom. The second-order valence-electron chi connectivity index (χ2n) is 6.09. The first kappa shape index (κ1) is 18.5. The molecule has 0 bridgehead atoms. The smallest absolute Gasteiger partial charge is 0.393 e. The van der Waals surface area contributed by atoms with Gasteiger partial charge in [0.1, 0.15) is 5.82 Å². The van der Waals surface area contributed by atoms with Gasteiger partial charge in [-0.05, 0) is 38.3 Å². The molecule has 2 N–H and O–H groups in total. The summed E-state index contributed by atoms with van der Waals surface area (Å²) in [6, 6.07) is 2.27. The van der Waals surface area contributed by atoms with Crippen molar-refractivity contribution >= 4 is 11.7 Å². The number of aliphatic hydroxyl groups is 1. The molecular formula is C16H22F3N3O2. The minimum atomic E-state index is -4.48. The average molecular weight is 345 g/mol. The largest absolute Gasteiger partial charge is 0.419 e. The quantitative estimate of drug-likeness (QED) is 0.859. The third kappa shape index (κ3) is 4.83. The third-order valence-corrected chi connectivity index (χ3v) is 4.05. The van der Waals surface area contributed by atoms with Crippen molar-refractivity contribution in [1.29, 1.82) is 0 Å². The molecule has 0 aliphatic carbocycles. The normalized spacial score (nSPS) is 19.9. The first-order valence-corrected chi connectivity index (χ1v) is 8.02. The van der Waals surface area contributed by atoms with Gasteiger partial charge in [-0.3, -0.25) is 4.79 Å². The summed E-state index contributed by atoms with van der Waals surface area (Å²) in [4.78, 5) is 17.6. The summed E-state index contributed by atoms with van der Waals surface area (Å²) in [5.74, 6) is -0.688. The number of carbonyl (C=O) groups is 1. The average Bonchev–Trinajstić information content (AvgIpc) is 2.54. The zero-order valence-electron chi connectivity index (χ0n) is 13.5. The highest BCUT2D eigenvalue weighted by Crippen LogP contribution is 2.36. The number of aliphatic hydroxyl groups excluding tert-OH is 1. The van der Waals surface area contributed by atoms with Crippen molar-refractivity contribution in [1.82, 2.24) is 10.3 Å². The Morgan fingerprint density at radius 2 is 2.29 bits per heavy atom. The number of anilines is 1. The molecule has 2 heterocycles. The molecule has 0 aromatic carbocycles. The summed E-state index contributed by atoms with van der Waals surface area (Å²) >= 11 is 0. The van der Waals surface area contributed by atoms with E-state index in [-0.39, 0.29) is 24.2 Å². The van der Waals surface area contributed by atoms with Crippen LogP contribution in [0.3, 0.4) is 0 Å². The van der Waals surface area contributed by atoms with Crippen LogP contribution in [0.5, 0.6) is 0 Å². The topological polar surface area (TPSA) is 65.5 Å². The predicted octanol–water partition coefficient (Wildman–Crippen LogP) is 2.20. The molecule has 1 fully saturated rings. The number of hydrogen-bond donors (Lipinski definition) is 2. The number of amides is 1. The molecule has 1 saturated heterocycles. The van der Waals surface area contributed by atoms with Crippen LogP contribution in [0.4, 0.5) is 19.0 Å². The Balaban J connectivity index is 2.05. The molecule has 2 rings (SSSR count). The number of nitrogens with one attached hydrogen (secondary N) is 1. The standard InChI is InChI=1S/C16H22F3N3O2/c1-11(23)6-8-21-15(24)12-4-3-9-22(10-12)14-13(16(17,18)19)5-2-7-20-14/h2,5,7,11-12,23H,3-4,6,8-10H2,1H3,(H,21,24). The Kier molecular flexibility index (Phi) is 6.04. The Labute approximate surface area is 138 Å². The third-order valence-electron chi connectivity index (χ3n) is 4.05. The predicted molar refractivity (Wildman–Crippen MR) is 83.5 cm³/mol. The van der Waals surface area contributed by atoms with Crippen LogP contribution in [0.25, 0.3) is 0 Å². The van der Waals surface area contributed by atoms with E-state index in [0.717, 1.165) is 6.07 Å². The molecule has 1 aliphatic heterocycles. The van der Waals surface area contributed by atoms with Gasteiger partial charge in [0.05, 0.1) is 17.6 Å². The lowest BCUT2D eigenvalue weighted by Crippen LogP contribution is -2.44. The summed E-state index contributed by atoms with van der Waals surface area (Å²) in [5.41, 5.74) is -0.778. The first-order valence-electron chi connectivity index (χ1n) is 8.02. The summed E-state index contributed by atoms with van der Waals surface area (Å²) in [5, 5.41) is 11.9. The summed E-state index contributed by atoms with van der Waals surface area (Å²) in [6.07, 6.45) is -1.95. The number of rotatable bonds is 5. The summed E-state index contributed by atoms with van der Waals surface area (Å²) in [7, 11) is 0. The molecule has 1 aromatic heterocycles. The minimum absolute atomic E-state index is 0.119. The minimum Gasteiger partial charge on any atom is -0.393 e. The van der Waals surface area contributed by atoms with E-state index in [1.807, 2.05) is 0 Å². The van der Waals surface area contributed by atoms with E-state index < -0.39 is 17.8 Å². The van der Waals surface area contributed by atoms with E-state index >= 15 is 0 Å². The maximum atomic E-state index is 13.1. The molecule has 24 heavy (non-hydrogen) atoms. The van der Waals surface area contributed by atoms with Gasteiger partial charge in [0.25, 0.3) is 0 Å². The molecule has 5 nitrogen and oxygen atoms in total. The number of nitrogens with zero attached hydrogens (tertiary/aromatic N) is 2. The maximum absolute atomic E-state index is 13.1. The van der Waals surface area contributed by atoms with Crippen LogP contribution in [0.15, 0.2) is 18.3 Å². The van der Waals surface area contributed by atoms with Gasteiger partial charge in [-0.2, -0.15) is 13.2 Å². The summed E-state index contributed by atoms with van der Waals surface area (Å²) in [6.45, 7) is 2.64. The Hall–Kier alpha value is -1.83. The molecule has 1 amide bonds. The van der Waals surface area contributed by atoms with Crippen LogP contribution in [-0.2, 0) is 11.0 Å². The fraction of sp³-hybridized carbons (Fsp3) is 0.625. The number of carbonyl (C=O) groups excluding carboxylic acids is 1. The van der Waals surface area contributed by atoms with Crippen molar-refractivity contribution in [3.8, 4) is 0 Å². The molecule has 0 spiro atoms. The lowest BCUT2D eigenvalue weighted by Gasteiger charge is -2.34. The first-order chi connectivity index (χ1) is 11.3. The molecule has 2 unspecified atom stereocenters. The van der Waals surface area contributed by atoms with Gasteiger partial charge in [0, 0.05) is 25.8 Å². The van der Waals surface area contributed by atoms with Gasteiger partial charge in [0.15, 0.2) is 0 Å². The molecule has 1 aliphatic rings. The van der Waals surface area contributed by atoms with Crippen molar-refractivity contribution < 1.29 is 23.1 Å². The van der Waals surface area contributed by atoms with Crippen LogP contribution in [-0.4, -0.2) is 41.7 Å². The van der Waals surface area contributed by atoms with E-state index in [4.69, 9.17) is 0 Å². The van der Waals surface area contributed by atoms with E-state index in [9.17, 15) is 23.1 Å². The Morgan fingerprint density at radius 1 is 1.54 bits per heavy atom. The number of aromatic nitrogens is 1. The Bertz CT molecular complexity index is 564. The SMILES string of the molecule is CC(O)CCNC(=O)C1CCCN(c2ncccc2C(F)(F)F)C1. The molecule has 134 valence electrons. The van der Waals surface area contributed by atoms with Crippen molar-refractivity contribution in [2.24, 2.45) is 5.92 Å². The van der Waals surface area contributed by atoms with Gasteiger partial charge < -0.3 is 15.3 Å². The van der Waals surface area contributed by atoms with Crippen LogP contribution in [0.1, 0.15) is 31.7 Å². The lowest BCUT2D eigenvalue weighted by molar-refractivity contribution is -0.137. The zero-order chi connectivity index (χ0) is 17.7. The van der Waals surface area contributed by atoms with Crippen LogP contribution in [0.2, 0.25) is 0 Å². The second-order valence-corrected chi connectivity index (χ2v) is 6.09. The van der Waals surface area contributed by atoms with E-state index in [2.05, 4.69) is 10.3 Å². The van der Waals surface area contributed by atoms with E-state index in [1.165, 1.54) is 17.2 Å². The molecule has 2 atom stereocenters. The highest BCUT2D eigenvalue weighted by molar-refractivity contribution is 5.79. The fourth-order valence-electron chi connectivity index (χ4n) is 2.80. The van der Waals surface area contributed by atoms with Crippen molar-refractivity contribution in [2.45, 2.75) is 38.5 Å². The van der Waals surface area contributed by atoms with E-state index in [0.29, 0.717) is 32.4 Å². The fourth-order valence-corrected chi connectivity index (χ4v) is 2.80. The van der Waals surface area contributed by atoms with Crippen molar-refractivity contribution in [3.05, 3.63) is 23.9 Å². The van der Waals surface area contributed by atoms with Crippen LogP contribution >= 0.6 is 0 Å². The number of halogens is 3. The maximum Gasteiger partial charge on any atom is 0.419 e. The van der Waals surface area contributed by atoms with Crippen LogP contribution < -0.4 is 10.2 Å². The molecule has 8 heteroatoms. The summed E-state index contributed by atoms with van der Waals surface area (Å²) < 4.78 is 39.4. The second kappa shape index (κ2) is 7.83. The van der Waals surface area contributed by atoms with Crippen molar-refractivity contribution in [3.63, 3.8) is 0 Å². The monoisotopic (exact) mass is 345 g/mol. The number of alkyl halides is 3. The van der Waals surface area contributed by atoms with Gasteiger partial charge in [0.2, 0.25) is 5.91 Å². The van der Waals surface area contributed by atoms with Crippen molar-refractivity contribution in [2.75, 3.05) is 24.5 Å².